The lowest BCUT2D eigenvalue weighted by Crippen LogP contribution is -2.30. The summed E-state index contributed by atoms with van der Waals surface area (Å²) in [6, 6.07) is 48.7. The van der Waals surface area contributed by atoms with Crippen LogP contribution in [0.25, 0.3) is 55.6 Å². The van der Waals surface area contributed by atoms with Gasteiger partial charge in [-0.3, -0.25) is 14.5 Å². The number of nitrogens with zero attached hydrogens (tertiary/aromatic N) is 1. The summed E-state index contributed by atoms with van der Waals surface area (Å²) in [7, 11) is 0.513. The summed E-state index contributed by atoms with van der Waals surface area (Å²) < 4.78 is 17.1. The molecule has 0 unspecified atom stereocenters. The summed E-state index contributed by atoms with van der Waals surface area (Å²) in [5.41, 5.74) is 12.4. The fourth-order valence-electron chi connectivity index (χ4n) is 8.47. The molecule has 0 bridgehead atoms. The van der Waals surface area contributed by atoms with E-state index in [1.54, 1.807) is 7.11 Å². The maximum Gasteiger partial charge on any atom is 0.253 e. The zero-order valence-corrected chi connectivity index (χ0v) is 37.1. The van der Waals surface area contributed by atoms with Crippen LogP contribution < -0.4 is 9.47 Å². The van der Waals surface area contributed by atoms with Gasteiger partial charge in [-0.25, -0.2) is 0 Å². The zero-order valence-electron chi connectivity index (χ0n) is 36.2. The van der Waals surface area contributed by atoms with E-state index in [-0.39, 0.29) is 11.8 Å². The molecule has 7 heteroatoms. The van der Waals surface area contributed by atoms with Crippen LogP contribution in [0.15, 0.2) is 155 Å². The van der Waals surface area contributed by atoms with Crippen LogP contribution in [0.5, 0.6) is 11.5 Å². The molecule has 2 aliphatic heterocycles. The first-order valence-electron chi connectivity index (χ1n) is 22.0. The molecule has 0 aromatic heterocycles. The monoisotopic (exact) mass is 843 g/mol. The molecule has 0 spiro atoms. The first-order valence-corrected chi connectivity index (χ1v) is 24.5. The van der Waals surface area contributed by atoms with Crippen molar-refractivity contribution in [1.29, 1.82) is 0 Å². The molecule has 0 saturated heterocycles. The van der Waals surface area contributed by atoms with Gasteiger partial charge in [0.1, 0.15) is 11.5 Å². The first-order chi connectivity index (χ1) is 30.3. The van der Waals surface area contributed by atoms with Crippen LogP contribution in [0.1, 0.15) is 51.4 Å². The Morgan fingerprint density at radius 1 is 0.419 bits per heavy atom. The van der Waals surface area contributed by atoms with E-state index in [1.165, 1.54) is 82.5 Å². The number of fused-ring (bicyclic) bond motifs is 3. The number of amides is 2. The molecule has 2 heterocycles. The number of carbonyl (C=O) groups excluding carboxylic acids is 2. The molecular formula is C55H57NO5S. The molecule has 2 aliphatic rings. The largest absolute Gasteiger partial charge is 0.494 e. The minimum absolute atomic E-state index is 0.189. The van der Waals surface area contributed by atoms with E-state index in [4.69, 9.17) is 14.2 Å². The molecule has 2 amide bonds. The van der Waals surface area contributed by atoms with Crippen molar-refractivity contribution >= 4 is 21.8 Å². The van der Waals surface area contributed by atoms with Gasteiger partial charge >= 0.3 is 0 Å². The summed E-state index contributed by atoms with van der Waals surface area (Å²) in [5, 5.41) is 0. The Labute approximate surface area is 368 Å². The molecule has 6 nitrogen and oxygen atoms in total. The van der Waals surface area contributed by atoms with E-state index in [9.17, 15) is 9.59 Å². The second-order valence-electron chi connectivity index (χ2n) is 16.6. The van der Waals surface area contributed by atoms with Gasteiger partial charge in [-0.15, -0.1) is 0 Å². The predicted molar refractivity (Wildman–Crippen MR) is 255 cm³/mol. The maximum atomic E-state index is 11.7. The van der Waals surface area contributed by atoms with E-state index >= 15 is 0 Å². The van der Waals surface area contributed by atoms with Crippen molar-refractivity contribution in [2.24, 2.45) is 0 Å². The number of hydrogen-bond donors (Lipinski definition) is 0. The van der Waals surface area contributed by atoms with Gasteiger partial charge in [-0.2, -0.15) is 10.0 Å². The molecule has 318 valence electrons. The highest BCUT2D eigenvalue weighted by Crippen LogP contribution is 2.68. The molecule has 0 aliphatic carbocycles. The third-order valence-electron chi connectivity index (χ3n) is 12.1. The standard InChI is InChI=1S/C55H57NO5S/c1-59-35-10-11-37-61-49-28-22-43(23-29-49)41-14-18-45(19-15-41)47-25-31-51-50-30-24-46(38-52(50)62(2,3)53(51)39-47)44-16-12-40(13-17-44)42-20-26-48(27-21-42)60-36-9-7-5-4-6-8-34-56-54(57)32-33-55(56)58/h12-33,38-39H,4-11,34-37H2,1-3H3. The van der Waals surface area contributed by atoms with Gasteiger partial charge in [0.05, 0.1) is 13.2 Å². The van der Waals surface area contributed by atoms with Gasteiger partial charge in [-0.1, -0.05) is 123 Å². The van der Waals surface area contributed by atoms with Gasteiger partial charge in [0.25, 0.3) is 11.8 Å². The van der Waals surface area contributed by atoms with Crippen LogP contribution in [0.2, 0.25) is 0 Å². The Balaban J connectivity index is 0.828. The first kappa shape index (κ1) is 42.8. The van der Waals surface area contributed by atoms with E-state index in [2.05, 4.69) is 146 Å². The number of hydrogen-bond acceptors (Lipinski definition) is 5. The van der Waals surface area contributed by atoms with Gasteiger partial charge in [0.2, 0.25) is 0 Å². The normalized spacial score (nSPS) is 14.2. The summed E-state index contributed by atoms with van der Waals surface area (Å²) >= 11 is 0. The molecule has 0 saturated carbocycles. The lowest BCUT2D eigenvalue weighted by molar-refractivity contribution is -0.136. The Hall–Kier alpha value is -5.89. The highest BCUT2D eigenvalue weighted by atomic mass is 32.3. The van der Waals surface area contributed by atoms with E-state index < -0.39 is 10.0 Å². The number of ether oxygens (including phenoxy) is 3. The van der Waals surface area contributed by atoms with Crippen LogP contribution in [-0.2, 0) is 14.3 Å². The van der Waals surface area contributed by atoms with Gasteiger partial charge in [-0.05, 0) is 130 Å². The zero-order chi connectivity index (χ0) is 42.9. The Kier molecular flexibility index (Phi) is 13.7. The molecular weight excluding hydrogens is 787 g/mol. The quantitative estimate of drug-likeness (QED) is 0.0566. The third kappa shape index (κ3) is 9.91. The summed E-state index contributed by atoms with van der Waals surface area (Å²) in [5.74, 6) is 1.41. The minimum atomic E-state index is -1.22. The average molecular weight is 844 g/mol. The van der Waals surface area contributed by atoms with Crippen molar-refractivity contribution in [3.8, 4) is 67.1 Å². The van der Waals surface area contributed by atoms with E-state index in [0.717, 1.165) is 69.5 Å². The van der Waals surface area contributed by atoms with Crippen LogP contribution in [-0.4, -0.2) is 62.7 Å². The number of benzene rings is 6. The lowest BCUT2D eigenvalue weighted by atomic mass is 9.96. The predicted octanol–water partition coefficient (Wildman–Crippen LogP) is 13.3. The summed E-state index contributed by atoms with van der Waals surface area (Å²) in [6.45, 7) is 2.68. The summed E-state index contributed by atoms with van der Waals surface area (Å²) in [4.78, 5) is 27.5. The van der Waals surface area contributed by atoms with Gasteiger partial charge < -0.3 is 14.2 Å². The Morgan fingerprint density at radius 3 is 1.19 bits per heavy atom. The van der Waals surface area contributed by atoms with Gasteiger partial charge in [0.15, 0.2) is 0 Å². The number of methoxy groups -OCH3 is 1. The lowest BCUT2D eigenvalue weighted by Gasteiger charge is -2.29. The van der Waals surface area contributed by atoms with Crippen molar-refractivity contribution in [2.75, 3.05) is 46.0 Å². The SMILES string of the molecule is COCCCCOc1ccc(-c2ccc(-c3ccc4c(c3)S(C)(C)c3cc(-c5ccc(-c6ccc(OCCCCCCCCN7C(=O)C=CC7=O)cc6)cc5)ccc3-4)cc2)cc1. The molecule has 0 atom stereocenters. The molecule has 8 rings (SSSR count). The van der Waals surface area contributed by atoms with Crippen LogP contribution in [0.3, 0.4) is 0 Å². The summed E-state index contributed by atoms with van der Waals surface area (Å²) in [6.07, 6.45) is 15.8. The minimum Gasteiger partial charge on any atom is -0.494 e. The molecule has 6 aromatic rings. The number of unbranched alkanes of at least 4 members (excludes halogenated alkanes) is 6. The molecule has 0 fully saturated rings. The van der Waals surface area contributed by atoms with Crippen molar-refractivity contribution < 1.29 is 23.8 Å². The van der Waals surface area contributed by atoms with E-state index in [1.807, 2.05) is 0 Å². The van der Waals surface area contributed by atoms with Crippen molar-refractivity contribution in [3.63, 3.8) is 0 Å². The second-order valence-corrected chi connectivity index (χ2v) is 20.2. The molecule has 6 aromatic carbocycles. The highest BCUT2D eigenvalue weighted by molar-refractivity contribution is 8.33. The fraction of sp³-hybridized carbons (Fsp3) is 0.273. The molecule has 0 radical (unpaired) electrons. The molecule has 0 N–H and O–H groups in total. The maximum absolute atomic E-state index is 11.7. The van der Waals surface area contributed by atoms with Gasteiger partial charge in [0, 0.05) is 42.2 Å². The average Bonchev–Trinajstić information content (AvgIpc) is 3.75. The smallest absolute Gasteiger partial charge is 0.253 e. The van der Waals surface area contributed by atoms with Crippen molar-refractivity contribution in [3.05, 3.63) is 146 Å². The van der Waals surface area contributed by atoms with E-state index in [0.29, 0.717) is 19.8 Å². The van der Waals surface area contributed by atoms with Crippen molar-refractivity contribution in [2.45, 2.75) is 61.2 Å². The molecule has 62 heavy (non-hydrogen) atoms. The number of carbonyl (C=O) groups is 2. The number of rotatable bonds is 20. The fourth-order valence-corrected chi connectivity index (χ4v) is 11.0. The van der Waals surface area contributed by atoms with Crippen LogP contribution >= 0.6 is 10.0 Å². The van der Waals surface area contributed by atoms with Crippen molar-refractivity contribution in [1.82, 2.24) is 4.90 Å². The number of imide groups is 1. The van der Waals surface area contributed by atoms with Crippen LogP contribution in [0.4, 0.5) is 0 Å². The highest BCUT2D eigenvalue weighted by Gasteiger charge is 2.32. The van der Waals surface area contributed by atoms with Crippen LogP contribution in [0, 0.1) is 0 Å². The Morgan fingerprint density at radius 2 is 0.758 bits per heavy atom. The second kappa shape index (κ2) is 19.9. The third-order valence-corrected chi connectivity index (χ3v) is 15.0. The Bertz CT molecular complexity index is 2490. The topological polar surface area (TPSA) is 65.1 Å².